The van der Waals surface area contributed by atoms with Crippen molar-refractivity contribution in [3.8, 4) is 0 Å². The number of carbonyl (C=O) groups is 2. The average Bonchev–Trinajstić information content (AvgIpc) is 2.25. The molecule has 0 unspecified atom stereocenters. The van der Waals surface area contributed by atoms with E-state index in [0.717, 1.165) is 0 Å². The summed E-state index contributed by atoms with van der Waals surface area (Å²) in [5.41, 5.74) is 2.31. The van der Waals surface area contributed by atoms with Crippen LogP contribution in [0.5, 0.6) is 0 Å². The van der Waals surface area contributed by atoms with E-state index >= 15 is 0 Å². The van der Waals surface area contributed by atoms with Gasteiger partial charge in [-0.15, -0.1) is 0 Å². The number of carbonyl (C=O) groups excluding carboxylic acids is 1. The number of hydrogen-bond donors (Lipinski definition) is 2. The number of hydroxylamine groups is 1. The number of aromatic carboxylic acids is 1. The van der Waals surface area contributed by atoms with E-state index in [1.165, 1.54) is 24.3 Å². The van der Waals surface area contributed by atoms with Crippen LogP contribution in [-0.4, -0.2) is 22.6 Å². The Morgan fingerprint density at radius 3 is 2.00 bits per heavy atom. The first-order chi connectivity index (χ1) is 7.79. The number of carboxylic acid groups (broad SMARTS) is 1. The monoisotopic (exact) mass is 237 g/mol. The van der Waals surface area contributed by atoms with Gasteiger partial charge < -0.3 is 5.11 Å². The Kier molecular flexibility index (Phi) is 3.85. The molecule has 0 atom stereocenters. The molecule has 0 aliphatic rings. The third-order valence-electron chi connectivity index (χ3n) is 1.84. The van der Waals surface area contributed by atoms with E-state index in [1.807, 2.05) is 0 Å². The molecule has 0 bridgehead atoms. The second kappa shape index (κ2) is 4.97. The average molecular weight is 237 g/mol. The molecule has 1 aromatic carbocycles. The zero-order valence-corrected chi connectivity index (χ0v) is 9.98. The van der Waals surface area contributed by atoms with E-state index in [2.05, 4.69) is 5.48 Å². The van der Waals surface area contributed by atoms with Crippen LogP contribution in [0.25, 0.3) is 0 Å². The fourth-order valence-corrected chi connectivity index (χ4v) is 1.02. The molecule has 5 heteroatoms. The molecule has 92 valence electrons. The van der Waals surface area contributed by atoms with Gasteiger partial charge in [-0.05, 0) is 45.0 Å². The smallest absolute Gasteiger partial charge is 0.335 e. The third kappa shape index (κ3) is 4.24. The number of carboxylic acids is 1. The molecule has 0 aromatic heterocycles. The molecule has 0 heterocycles. The van der Waals surface area contributed by atoms with Crippen molar-refractivity contribution in [1.82, 2.24) is 5.48 Å². The van der Waals surface area contributed by atoms with Crippen molar-refractivity contribution in [3.05, 3.63) is 35.4 Å². The fourth-order valence-electron chi connectivity index (χ4n) is 1.02. The standard InChI is InChI=1S/C12H15NO4/c1-12(2,3)17-13-10(14)8-4-6-9(7-5-8)11(15)16/h4-7H,1-3H3,(H,13,14)(H,15,16). The van der Waals surface area contributed by atoms with Crippen molar-refractivity contribution in [3.63, 3.8) is 0 Å². The lowest BCUT2D eigenvalue weighted by Gasteiger charge is -2.18. The quantitative estimate of drug-likeness (QED) is 0.786. The summed E-state index contributed by atoms with van der Waals surface area (Å²) < 4.78 is 0. The van der Waals surface area contributed by atoms with Gasteiger partial charge >= 0.3 is 5.97 Å². The number of benzene rings is 1. The van der Waals surface area contributed by atoms with Crippen LogP contribution in [0.2, 0.25) is 0 Å². The molecular formula is C12H15NO4. The Morgan fingerprint density at radius 2 is 1.59 bits per heavy atom. The molecule has 2 N–H and O–H groups in total. The lowest BCUT2D eigenvalue weighted by Crippen LogP contribution is -2.33. The van der Waals surface area contributed by atoms with Crippen molar-refractivity contribution in [1.29, 1.82) is 0 Å². The second-order valence-corrected chi connectivity index (χ2v) is 4.53. The summed E-state index contributed by atoms with van der Waals surface area (Å²) in [7, 11) is 0. The molecule has 0 saturated carbocycles. The van der Waals surface area contributed by atoms with Crippen molar-refractivity contribution < 1.29 is 19.5 Å². The van der Waals surface area contributed by atoms with Gasteiger partial charge in [-0.2, -0.15) is 0 Å². The Hall–Kier alpha value is -1.88. The SMILES string of the molecule is CC(C)(C)ONC(=O)c1ccc(C(=O)O)cc1. The summed E-state index contributed by atoms with van der Waals surface area (Å²) in [6.45, 7) is 5.42. The minimum atomic E-state index is -1.03. The van der Waals surface area contributed by atoms with E-state index in [-0.39, 0.29) is 5.56 Å². The second-order valence-electron chi connectivity index (χ2n) is 4.53. The predicted molar refractivity (Wildman–Crippen MR) is 61.7 cm³/mol. The van der Waals surface area contributed by atoms with Crippen molar-refractivity contribution in [2.45, 2.75) is 26.4 Å². The molecule has 17 heavy (non-hydrogen) atoms. The van der Waals surface area contributed by atoms with Crippen LogP contribution >= 0.6 is 0 Å². The van der Waals surface area contributed by atoms with Gasteiger partial charge in [0.15, 0.2) is 0 Å². The van der Waals surface area contributed by atoms with Gasteiger partial charge in [0.25, 0.3) is 5.91 Å². The van der Waals surface area contributed by atoms with Crippen molar-refractivity contribution in [2.24, 2.45) is 0 Å². The molecule has 0 aliphatic carbocycles. The summed E-state index contributed by atoms with van der Waals surface area (Å²) >= 11 is 0. The summed E-state index contributed by atoms with van der Waals surface area (Å²) in [6, 6.07) is 5.61. The Morgan fingerprint density at radius 1 is 1.12 bits per heavy atom. The maximum absolute atomic E-state index is 11.6. The normalized spacial score (nSPS) is 11.0. The summed E-state index contributed by atoms with van der Waals surface area (Å²) in [6.07, 6.45) is 0. The minimum absolute atomic E-state index is 0.137. The number of amides is 1. The molecule has 0 radical (unpaired) electrons. The van der Waals surface area contributed by atoms with Gasteiger partial charge in [-0.25, -0.2) is 10.3 Å². The van der Waals surface area contributed by atoms with Crippen LogP contribution in [0.1, 0.15) is 41.5 Å². The number of rotatable bonds is 3. The van der Waals surface area contributed by atoms with Gasteiger partial charge in [0.05, 0.1) is 11.2 Å². The van der Waals surface area contributed by atoms with Gasteiger partial charge in [0.2, 0.25) is 0 Å². The topological polar surface area (TPSA) is 75.6 Å². The van der Waals surface area contributed by atoms with E-state index < -0.39 is 17.5 Å². The summed E-state index contributed by atoms with van der Waals surface area (Å²) in [5.74, 6) is -1.43. The zero-order chi connectivity index (χ0) is 13.1. The van der Waals surface area contributed by atoms with Crippen LogP contribution in [-0.2, 0) is 4.84 Å². The molecule has 1 amide bonds. The van der Waals surface area contributed by atoms with Crippen LogP contribution in [0.15, 0.2) is 24.3 Å². The highest BCUT2D eigenvalue weighted by Gasteiger charge is 2.14. The molecule has 0 fully saturated rings. The molecule has 1 aromatic rings. The third-order valence-corrected chi connectivity index (χ3v) is 1.84. The lowest BCUT2D eigenvalue weighted by molar-refractivity contribution is -0.0589. The van der Waals surface area contributed by atoms with Crippen LogP contribution in [0, 0.1) is 0 Å². The molecule has 5 nitrogen and oxygen atoms in total. The first kappa shape index (κ1) is 13.2. The van der Waals surface area contributed by atoms with E-state index in [4.69, 9.17) is 9.94 Å². The Bertz CT molecular complexity index is 417. The summed E-state index contributed by atoms with van der Waals surface area (Å²) in [5, 5.41) is 8.70. The molecule has 0 spiro atoms. The number of nitrogens with one attached hydrogen (secondary N) is 1. The largest absolute Gasteiger partial charge is 0.478 e. The molecule has 0 aliphatic heterocycles. The van der Waals surface area contributed by atoms with Crippen LogP contribution in [0.3, 0.4) is 0 Å². The van der Waals surface area contributed by atoms with Gasteiger partial charge in [-0.3, -0.25) is 9.63 Å². The molecule has 0 saturated heterocycles. The lowest BCUT2D eigenvalue weighted by atomic mass is 10.1. The van der Waals surface area contributed by atoms with E-state index in [9.17, 15) is 9.59 Å². The van der Waals surface area contributed by atoms with Gasteiger partial charge in [0.1, 0.15) is 0 Å². The zero-order valence-electron chi connectivity index (χ0n) is 9.98. The Balaban J connectivity index is 2.67. The highest BCUT2D eigenvalue weighted by Crippen LogP contribution is 2.07. The molecule has 1 rings (SSSR count). The highest BCUT2D eigenvalue weighted by molar-refractivity contribution is 5.95. The van der Waals surface area contributed by atoms with Crippen molar-refractivity contribution in [2.75, 3.05) is 0 Å². The maximum Gasteiger partial charge on any atom is 0.335 e. The molecular weight excluding hydrogens is 222 g/mol. The highest BCUT2D eigenvalue weighted by atomic mass is 16.7. The van der Waals surface area contributed by atoms with Gasteiger partial charge in [-0.1, -0.05) is 0 Å². The van der Waals surface area contributed by atoms with Crippen LogP contribution in [0.4, 0.5) is 0 Å². The summed E-state index contributed by atoms with van der Waals surface area (Å²) in [4.78, 5) is 27.3. The fraction of sp³-hybridized carbons (Fsp3) is 0.333. The van der Waals surface area contributed by atoms with E-state index in [1.54, 1.807) is 20.8 Å². The first-order valence-corrected chi connectivity index (χ1v) is 5.11. The predicted octanol–water partition coefficient (Wildman–Crippen LogP) is 1.84. The minimum Gasteiger partial charge on any atom is -0.478 e. The van der Waals surface area contributed by atoms with Crippen LogP contribution < -0.4 is 5.48 Å². The van der Waals surface area contributed by atoms with E-state index in [0.29, 0.717) is 5.56 Å². The Labute approximate surface area is 99.4 Å². The van der Waals surface area contributed by atoms with Crippen molar-refractivity contribution >= 4 is 11.9 Å². The van der Waals surface area contributed by atoms with Gasteiger partial charge in [0, 0.05) is 5.56 Å². The maximum atomic E-state index is 11.6. The first-order valence-electron chi connectivity index (χ1n) is 5.11. The number of hydrogen-bond acceptors (Lipinski definition) is 3.